The number of halogens is 1. The van der Waals surface area contributed by atoms with E-state index in [2.05, 4.69) is 18.8 Å². The van der Waals surface area contributed by atoms with Gasteiger partial charge < -0.3 is 5.73 Å². The summed E-state index contributed by atoms with van der Waals surface area (Å²) in [4.78, 5) is 4.47. The number of hydrogen-bond donors (Lipinski definition) is 1. The van der Waals surface area contributed by atoms with Gasteiger partial charge in [-0.15, -0.1) is 11.3 Å². The molecule has 0 fully saturated rings. The Hall–Kier alpha value is -1.26. The molecule has 0 radical (unpaired) electrons. The molecule has 2 N–H and O–H groups in total. The van der Waals surface area contributed by atoms with E-state index in [0.717, 1.165) is 16.3 Å². The predicted octanol–water partition coefficient (Wildman–Crippen LogP) is 3.61. The Kier molecular flexibility index (Phi) is 3.54. The summed E-state index contributed by atoms with van der Waals surface area (Å²) in [6.07, 6.45) is 0. The van der Waals surface area contributed by atoms with Crippen molar-refractivity contribution in [1.82, 2.24) is 4.98 Å². The molecule has 0 aliphatic carbocycles. The smallest absolute Gasteiger partial charge is 0.123 e. The summed E-state index contributed by atoms with van der Waals surface area (Å²) in [6, 6.07) is 6.40. The molecule has 17 heavy (non-hydrogen) atoms. The van der Waals surface area contributed by atoms with Crippen molar-refractivity contribution in [3.8, 4) is 11.3 Å². The largest absolute Gasteiger partial charge is 0.322 e. The number of nitrogens with two attached hydrogens (primary N) is 1. The molecular weight excluding hydrogens is 235 g/mol. The highest BCUT2D eigenvalue weighted by Crippen LogP contribution is 2.27. The molecule has 1 aromatic carbocycles. The van der Waals surface area contributed by atoms with Gasteiger partial charge in [-0.2, -0.15) is 0 Å². The van der Waals surface area contributed by atoms with Crippen LogP contribution in [0.15, 0.2) is 29.6 Å². The van der Waals surface area contributed by atoms with Gasteiger partial charge in [0, 0.05) is 10.9 Å². The molecule has 0 amide bonds. The van der Waals surface area contributed by atoms with Crippen LogP contribution in [-0.2, 0) is 0 Å². The zero-order chi connectivity index (χ0) is 12.4. The van der Waals surface area contributed by atoms with Crippen LogP contribution in [0.4, 0.5) is 4.39 Å². The minimum atomic E-state index is -0.245. The number of thiazole rings is 1. The lowest BCUT2D eigenvalue weighted by Crippen LogP contribution is -2.16. The van der Waals surface area contributed by atoms with E-state index in [1.807, 2.05) is 11.4 Å². The first-order chi connectivity index (χ1) is 8.08. The molecule has 0 aliphatic rings. The fourth-order valence-corrected chi connectivity index (χ4v) is 2.51. The third-order valence-corrected chi connectivity index (χ3v) is 3.59. The summed E-state index contributed by atoms with van der Waals surface area (Å²) in [5.41, 5.74) is 7.62. The molecule has 2 nitrogen and oxygen atoms in total. The molecule has 0 saturated carbocycles. The van der Waals surface area contributed by atoms with Gasteiger partial charge in [-0.3, -0.25) is 0 Å². The van der Waals surface area contributed by atoms with E-state index in [-0.39, 0.29) is 11.9 Å². The first-order valence-corrected chi connectivity index (χ1v) is 6.43. The lowest BCUT2D eigenvalue weighted by Gasteiger charge is -2.11. The Morgan fingerprint density at radius 3 is 2.76 bits per heavy atom. The minimum absolute atomic E-state index is 0.0534. The number of aromatic nitrogens is 1. The van der Waals surface area contributed by atoms with Gasteiger partial charge in [-0.05, 0) is 18.1 Å². The van der Waals surface area contributed by atoms with Crippen LogP contribution < -0.4 is 5.73 Å². The van der Waals surface area contributed by atoms with Gasteiger partial charge in [0.1, 0.15) is 10.8 Å². The average molecular weight is 250 g/mol. The second-order valence-corrected chi connectivity index (χ2v) is 5.24. The highest BCUT2D eigenvalue weighted by Gasteiger charge is 2.15. The van der Waals surface area contributed by atoms with Crippen LogP contribution in [0.3, 0.4) is 0 Å². The number of rotatable bonds is 3. The van der Waals surface area contributed by atoms with E-state index in [1.54, 1.807) is 6.07 Å². The van der Waals surface area contributed by atoms with Crippen LogP contribution in [0.5, 0.6) is 0 Å². The van der Waals surface area contributed by atoms with Crippen LogP contribution in [0.2, 0.25) is 0 Å². The van der Waals surface area contributed by atoms with Crippen molar-refractivity contribution < 1.29 is 4.39 Å². The molecule has 1 aromatic heterocycles. The number of benzene rings is 1. The summed E-state index contributed by atoms with van der Waals surface area (Å²) in [5.74, 6) is 0.103. The van der Waals surface area contributed by atoms with Crippen molar-refractivity contribution in [2.75, 3.05) is 0 Å². The molecule has 1 unspecified atom stereocenters. The van der Waals surface area contributed by atoms with E-state index in [1.165, 1.54) is 23.5 Å². The molecular formula is C13H15FN2S. The maximum Gasteiger partial charge on any atom is 0.123 e. The molecule has 90 valence electrons. The van der Waals surface area contributed by atoms with Gasteiger partial charge in [0.2, 0.25) is 0 Å². The zero-order valence-electron chi connectivity index (χ0n) is 9.85. The molecule has 0 aliphatic heterocycles. The van der Waals surface area contributed by atoms with Crippen molar-refractivity contribution in [2.45, 2.75) is 19.9 Å². The first-order valence-electron chi connectivity index (χ1n) is 5.55. The molecule has 2 aromatic rings. The Balaban J connectivity index is 2.30. The van der Waals surface area contributed by atoms with E-state index < -0.39 is 0 Å². The second-order valence-electron chi connectivity index (χ2n) is 4.35. The minimum Gasteiger partial charge on any atom is -0.322 e. The Bertz CT molecular complexity index is 508. The van der Waals surface area contributed by atoms with E-state index in [4.69, 9.17) is 5.73 Å². The maximum atomic E-state index is 13.1. The number of nitrogens with zero attached hydrogens (tertiary/aromatic N) is 1. The molecule has 2 rings (SSSR count). The van der Waals surface area contributed by atoms with Crippen LogP contribution in [0, 0.1) is 11.7 Å². The summed E-state index contributed by atoms with van der Waals surface area (Å²) in [7, 11) is 0. The SMILES string of the molecule is CC(C)C(N)c1nc(-c2cccc(F)c2)cs1. The fraction of sp³-hybridized carbons (Fsp3) is 0.308. The summed E-state index contributed by atoms with van der Waals surface area (Å²) in [5, 5.41) is 2.83. The van der Waals surface area contributed by atoms with E-state index in [9.17, 15) is 4.39 Å². The monoisotopic (exact) mass is 250 g/mol. The van der Waals surface area contributed by atoms with E-state index >= 15 is 0 Å². The summed E-state index contributed by atoms with van der Waals surface area (Å²) >= 11 is 1.53. The maximum absolute atomic E-state index is 13.1. The molecule has 4 heteroatoms. The average Bonchev–Trinajstić information content (AvgIpc) is 2.77. The van der Waals surface area contributed by atoms with Gasteiger partial charge in [0.25, 0.3) is 0 Å². The first kappa shape index (κ1) is 12.2. The Morgan fingerprint density at radius 2 is 2.12 bits per heavy atom. The Labute approximate surface area is 104 Å². The highest BCUT2D eigenvalue weighted by molar-refractivity contribution is 7.10. The topological polar surface area (TPSA) is 38.9 Å². The lowest BCUT2D eigenvalue weighted by atomic mass is 10.1. The quantitative estimate of drug-likeness (QED) is 0.903. The van der Waals surface area contributed by atoms with Crippen molar-refractivity contribution >= 4 is 11.3 Å². The predicted molar refractivity (Wildman–Crippen MR) is 69.3 cm³/mol. The van der Waals surface area contributed by atoms with Gasteiger partial charge in [0.15, 0.2) is 0 Å². The van der Waals surface area contributed by atoms with Crippen molar-refractivity contribution in [3.63, 3.8) is 0 Å². The van der Waals surface area contributed by atoms with E-state index in [0.29, 0.717) is 5.92 Å². The Morgan fingerprint density at radius 1 is 1.35 bits per heavy atom. The van der Waals surface area contributed by atoms with Crippen LogP contribution >= 0.6 is 11.3 Å². The summed E-state index contributed by atoms with van der Waals surface area (Å²) < 4.78 is 13.1. The van der Waals surface area contributed by atoms with Gasteiger partial charge in [-0.1, -0.05) is 26.0 Å². The normalized spacial score (nSPS) is 13.0. The zero-order valence-corrected chi connectivity index (χ0v) is 10.7. The van der Waals surface area contributed by atoms with Crippen molar-refractivity contribution in [1.29, 1.82) is 0 Å². The molecule has 0 spiro atoms. The molecule has 0 bridgehead atoms. The molecule has 0 saturated heterocycles. The standard InChI is InChI=1S/C13H15FN2S/c1-8(2)12(15)13-16-11(7-17-13)9-4-3-5-10(14)6-9/h3-8,12H,15H2,1-2H3. The molecule has 1 atom stereocenters. The van der Waals surface area contributed by atoms with Gasteiger partial charge in [-0.25, -0.2) is 9.37 Å². The fourth-order valence-electron chi connectivity index (χ4n) is 1.51. The van der Waals surface area contributed by atoms with Gasteiger partial charge in [0.05, 0.1) is 11.7 Å². The summed E-state index contributed by atoms with van der Waals surface area (Å²) in [6.45, 7) is 4.13. The van der Waals surface area contributed by atoms with Crippen molar-refractivity contribution in [2.24, 2.45) is 11.7 Å². The number of hydrogen-bond acceptors (Lipinski definition) is 3. The third-order valence-electron chi connectivity index (χ3n) is 2.65. The molecule has 1 heterocycles. The van der Waals surface area contributed by atoms with Crippen LogP contribution in [-0.4, -0.2) is 4.98 Å². The van der Waals surface area contributed by atoms with Crippen LogP contribution in [0.25, 0.3) is 11.3 Å². The van der Waals surface area contributed by atoms with Crippen molar-refractivity contribution in [3.05, 3.63) is 40.5 Å². The lowest BCUT2D eigenvalue weighted by molar-refractivity contribution is 0.512. The highest BCUT2D eigenvalue weighted by atomic mass is 32.1. The third kappa shape index (κ3) is 2.70. The van der Waals surface area contributed by atoms with Gasteiger partial charge >= 0.3 is 0 Å². The second kappa shape index (κ2) is 4.94. The van der Waals surface area contributed by atoms with Crippen LogP contribution in [0.1, 0.15) is 24.9 Å².